The van der Waals surface area contributed by atoms with Crippen LogP contribution in [0, 0.1) is 5.92 Å². The monoisotopic (exact) mass is 481 g/mol. The van der Waals surface area contributed by atoms with E-state index in [-0.39, 0.29) is 29.4 Å². The molecule has 0 bridgehead atoms. The van der Waals surface area contributed by atoms with Gasteiger partial charge in [-0.15, -0.1) is 0 Å². The van der Waals surface area contributed by atoms with Crippen LogP contribution >= 0.6 is 0 Å². The van der Waals surface area contributed by atoms with Crippen molar-refractivity contribution in [1.29, 1.82) is 0 Å². The number of carbonyl (C=O) groups excluding carboxylic acids is 1. The summed E-state index contributed by atoms with van der Waals surface area (Å²) in [6, 6.07) is 9.38. The van der Waals surface area contributed by atoms with Crippen LogP contribution in [-0.2, 0) is 24.7 Å². The zero-order valence-electron chi connectivity index (χ0n) is 18.2. The molecule has 0 spiro atoms. The van der Waals surface area contributed by atoms with Crippen molar-refractivity contribution in [3.05, 3.63) is 41.3 Å². The summed E-state index contributed by atoms with van der Waals surface area (Å²) in [5.74, 6) is 0.435. The Balaban J connectivity index is 1.25. The SMILES string of the molecule is O=C(C1CCN(S(=O)(=O)/C=C/c2ccccc2)CC1)N1CCN(C2CCS(=O)(=O)C2)CC1. The van der Waals surface area contributed by atoms with Crippen molar-refractivity contribution >= 4 is 31.8 Å². The highest BCUT2D eigenvalue weighted by Crippen LogP contribution is 2.24. The fourth-order valence-corrected chi connectivity index (χ4v) is 7.78. The number of rotatable bonds is 5. The molecule has 3 aliphatic rings. The summed E-state index contributed by atoms with van der Waals surface area (Å²) >= 11 is 0. The lowest BCUT2D eigenvalue weighted by atomic mass is 9.96. The number of benzene rings is 1. The van der Waals surface area contributed by atoms with E-state index in [0.29, 0.717) is 58.5 Å². The van der Waals surface area contributed by atoms with E-state index in [4.69, 9.17) is 0 Å². The minimum absolute atomic E-state index is 0.0784. The second kappa shape index (κ2) is 9.62. The van der Waals surface area contributed by atoms with Gasteiger partial charge in [0.2, 0.25) is 15.9 Å². The van der Waals surface area contributed by atoms with E-state index in [1.165, 1.54) is 9.71 Å². The molecule has 176 valence electrons. The normalized spacial score (nSPS) is 26.0. The second-order valence-corrected chi connectivity index (χ2v) is 12.9. The van der Waals surface area contributed by atoms with Gasteiger partial charge in [-0.05, 0) is 30.9 Å². The third-order valence-corrected chi connectivity index (χ3v) is 10.1. The van der Waals surface area contributed by atoms with Gasteiger partial charge in [-0.25, -0.2) is 16.8 Å². The first-order valence-electron chi connectivity index (χ1n) is 11.2. The molecule has 4 rings (SSSR count). The largest absolute Gasteiger partial charge is 0.340 e. The highest BCUT2D eigenvalue weighted by molar-refractivity contribution is 7.92. The summed E-state index contributed by atoms with van der Waals surface area (Å²) in [4.78, 5) is 17.0. The van der Waals surface area contributed by atoms with Gasteiger partial charge in [0, 0.05) is 56.6 Å². The summed E-state index contributed by atoms with van der Waals surface area (Å²) < 4.78 is 50.2. The van der Waals surface area contributed by atoms with E-state index in [0.717, 1.165) is 5.56 Å². The molecule has 32 heavy (non-hydrogen) atoms. The topological polar surface area (TPSA) is 95.1 Å². The quantitative estimate of drug-likeness (QED) is 0.624. The number of amides is 1. The molecule has 1 amide bonds. The average Bonchev–Trinajstić information content (AvgIpc) is 3.18. The highest BCUT2D eigenvalue weighted by atomic mass is 32.2. The molecule has 3 saturated heterocycles. The van der Waals surface area contributed by atoms with Gasteiger partial charge < -0.3 is 4.90 Å². The van der Waals surface area contributed by atoms with Crippen LogP contribution < -0.4 is 0 Å². The third-order valence-electron chi connectivity index (χ3n) is 6.75. The summed E-state index contributed by atoms with van der Waals surface area (Å²) in [7, 11) is -6.42. The number of hydrogen-bond acceptors (Lipinski definition) is 6. The zero-order valence-corrected chi connectivity index (χ0v) is 19.8. The fourth-order valence-electron chi connectivity index (χ4n) is 4.80. The molecule has 1 aromatic rings. The smallest absolute Gasteiger partial charge is 0.236 e. The van der Waals surface area contributed by atoms with Gasteiger partial charge in [0.25, 0.3) is 0 Å². The summed E-state index contributed by atoms with van der Waals surface area (Å²) in [6.45, 7) is 3.30. The molecule has 3 fully saturated rings. The summed E-state index contributed by atoms with van der Waals surface area (Å²) in [5, 5.41) is 1.24. The Morgan fingerprint density at radius 1 is 0.938 bits per heavy atom. The standard InChI is InChI=1S/C22H31N3O5S2/c26-22(24-14-12-23(13-15-24)21-9-16-31(27,28)18-21)20-6-10-25(11-7-20)32(29,30)17-8-19-4-2-1-3-5-19/h1-5,8,17,20-21H,6-7,9-16,18H2/b17-8+. The molecule has 0 N–H and O–H groups in total. The van der Waals surface area contributed by atoms with E-state index in [2.05, 4.69) is 4.90 Å². The molecule has 0 aromatic heterocycles. The first-order chi connectivity index (χ1) is 15.2. The van der Waals surface area contributed by atoms with Crippen LogP contribution in [-0.4, -0.2) is 93.7 Å². The number of sulfonamides is 1. The van der Waals surface area contributed by atoms with Crippen LogP contribution in [0.2, 0.25) is 0 Å². The number of carbonyl (C=O) groups is 1. The fraction of sp³-hybridized carbons (Fsp3) is 0.591. The van der Waals surface area contributed by atoms with Gasteiger partial charge in [0.05, 0.1) is 11.5 Å². The van der Waals surface area contributed by atoms with Crippen molar-refractivity contribution in [2.75, 3.05) is 50.8 Å². The molecular formula is C22H31N3O5S2. The Morgan fingerprint density at radius 3 is 2.19 bits per heavy atom. The third kappa shape index (κ3) is 5.59. The minimum Gasteiger partial charge on any atom is -0.340 e. The maximum atomic E-state index is 13.0. The maximum absolute atomic E-state index is 13.0. The average molecular weight is 482 g/mol. The van der Waals surface area contributed by atoms with E-state index in [1.54, 1.807) is 6.08 Å². The highest BCUT2D eigenvalue weighted by Gasteiger charge is 2.36. The van der Waals surface area contributed by atoms with Crippen molar-refractivity contribution in [1.82, 2.24) is 14.1 Å². The summed E-state index contributed by atoms with van der Waals surface area (Å²) in [5.41, 5.74) is 0.829. The molecule has 1 aromatic carbocycles. The molecule has 3 aliphatic heterocycles. The van der Waals surface area contributed by atoms with E-state index >= 15 is 0 Å². The van der Waals surface area contributed by atoms with Crippen LogP contribution in [0.3, 0.4) is 0 Å². The molecule has 1 atom stereocenters. The lowest BCUT2D eigenvalue weighted by molar-refractivity contribution is -0.138. The molecule has 0 saturated carbocycles. The Hall–Kier alpha value is -1.75. The van der Waals surface area contributed by atoms with Crippen LogP contribution in [0.1, 0.15) is 24.8 Å². The van der Waals surface area contributed by atoms with Gasteiger partial charge in [0.1, 0.15) is 0 Å². The molecule has 10 heteroatoms. The maximum Gasteiger partial charge on any atom is 0.236 e. The lowest BCUT2D eigenvalue weighted by Gasteiger charge is -2.40. The van der Waals surface area contributed by atoms with Crippen LogP contribution in [0.5, 0.6) is 0 Å². The minimum atomic E-state index is -3.51. The van der Waals surface area contributed by atoms with Crippen LogP contribution in [0.4, 0.5) is 0 Å². The van der Waals surface area contributed by atoms with Crippen molar-refractivity contribution in [3.8, 4) is 0 Å². The van der Waals surface area contributed by atoms with E-state index < -0.39 is 19.9 Å². The van der Waals surface area contributed by atoms with Gasteiger partial charge in [0.15, 0.2) is 9.84 Å². The van der Waals surface area contributed by atoms with Gasteiger partial charge in [-0.2, -0.15) is 4.31 Å². The number of nitrogens with zero attached hydrogens (tertiary/aromatic N) is 3. The molecule has 1 unspecified atom stereocenters. The van der Waals surface area contributed by atoms with E-state index in [9.17, 15) is 21.6 Å². The molecular weight excluding hydrogens is 450 g/mol. The van der Waals surface area contributed by atoms with Gasteiger partial charge in [-0.1, -0.05) is 30.3 Å². The summed E-state index contributed by atoms with van der Waals surface area (Å²) in [6.07, 6.45) is 3.33. The van der Waals surface area contributed by atoms with Gasteiger partial charge in [-0.3, -0.25) is 9.69 Å². The van der Waals surface area contributed by atoms with Crippen molar-refractivity contribution in [2.24, 2.45) is 5.92 Å². The van der Waals surface area contributed by atoms with Crippen molar-refractivity contribution in [3.63, 3.8) is 0 Å². The Bertz CT molecular complexity index is 1040. The number of piperazine rings is 1. The Labute approximate surface area is 190 Å². The molecule has 0 radical (unpaired) electrons. The van der Waals surface area contributed by atoms with E-state index in [1.807, 2.05) is 35.2 Å². The second-order valence-electron chi connectivity index (χ2n) is 8.85. The van der Waals surface area contributed by atoms with Crippen LogP contribution in [0.25, 0.3) is 6.08 Å². The molecule has 0 aliphatic carbocycles. The zero-order chi connectivity index (χ0) is 22.8. The predicted octanol–water partition coefficient (Wildman–Crippen LogP) is 1.03. The van der Waals surface area contributed by atoms with Crippen molar-refractivity contribution < 1.29 is 21.6 Å². The Kier molecular flexibility index (Phi) is 7.04. The van der Waals surface area contributed by atoms with Crippen molar-refractivity contribution in [2.45, 2.75) is 25.3 Å². The molecule has 8 nitrogen and oxygen atoms in total. The number of hydrogen-bond donors (Lipinski definition) is 0. The first kappa shape index (κ1) is 23.4. The molecule has 3 heterocycles. The number of sulfone groups is 1. The Morgan fingerprint density at radius 2 is 1.59 bits per heavy atom. The predicted molar refractivity (Wildman–Crippen MR) is 124 cm³/mol. The first-order valence-corrected chi connectivity index (χ1v) is 14.5. The number of piperidine rings is 1. The lowest BCUT2D eigenvalue weighted by Crippen LogP contribution is -2.54. The van der Waals surface area contributed by atoms with Gasteiger partial charge >= 0.3 is 0 Å². The van der Waals surface area contributed by atoms with Crippen LogP contribution in [0.15, 0.2) is 35.7 Å².